The van der Waals surface area contributed by atoms with Crippen LogP contribution >= 0.6 is 11.5 Å². The number of anilines is 1. The second-order valence-corrected chi connectivity index (χ2v) is 6.86. The molecule has 0 bridgehead atoms. The van der Waals surface area contributed by atoms with Crippen molar-refractivity contribution in [2.24, 2.45) is 5.92 Å². The fraction of sp³-hybridized carbons (Fsp3) is 0.471. The summed E-state index contributed by atoms with van der Waals surface area (Å²) in [5.41, 5.74) is 2.67. The number of urea groups is 1. The molecule has 24 heavy (non-hydrogen) atoms. The van der Waals surface area contributed by atoms with Crippen molar-refractivity contribution in [1.29, 1.82) is 0 Å². The van der Waals surface area contributed by atoms with Crippen molar-refractivity contribution >= 4 is 23.3 Å². The van der Waals surface area contributed by atoms with Gasteiger partial charge in [-0.05, 0) is 49.6 Å². The van der Waals surface area contributed by atoms with Gasteiger partial charge in [-0.2, -0.15) is 0 Å². The van der Waals surface area contributed by atoms with Crippen LogP contribution in [0.3, 0.4) is 0 Å². The molecule has 0 saturated carbocycles. The monoisotopic (exact) mass is 345 g/mol. The molecule has 0 spiro atoms. The van der Waals surface area contributed by atoms with Gasteiger partial charge in [-0.3, -0.25) is 0 Å². The summed E-state index contributed by atoms with van der Waals surface area (Å²) in [6, 6.07) is 7.71. The first-order chi connectivity index (χ1) is 11.7. The van der Waals surface area contributed by atoms with E-state index >= 15 is 0 Å². The van der Waals surface area contributed by atoms with E-state index < -0.39 is 0 Å². The zero-order chi connectivity index (χ0) is 16.9. The lowest BCUT2D eigenvalue weighted by Crippen LogP contribution is -2.34. The molecule has 1 atom stereocenters. The van der Waals surface area contributed by atoms with Crippen molar-refractivity contribution in [3.05, 3.63) is 29.6 Å². The Balaban J connectivity index is 1.54. The molecular weight excluding hydrogens is 322 g/mol. The summed E-state index contributed by atoms with van der Waals surface area (Å²) in [7, 11) is 2.13. The second-order valence-electron chi connectivity index (χ2n) is 6.25. The summed E-state index contributed by atoms with van der Waals surface area (Å²) in [4.78, 5) is 16.6. The molecule has 7 heteroatoms. The molecule has 1 aromatic heterocycles. The highest BCUT2D eigenvalue weighted by Crippen LogP contribution is 2.22. The van der Waals surface area contributed by atoms with E-state index in [1.807, 2.05) is 34.5 Å². The van der Waals surface area contributed by atoms with Crippen molar-refractivity contribution in [2.45, 2.75) is 13.3 Å². The van der Waals surface area contributed by atoms with Crippen LogP contribution in [0.5, 0.6) is 0 Å². The molecule has 1 aliphatic rings. The van der Waals surface area contributed by atoms with Crippen molar-refractivity contribution < 1.29 is 4.79 Å². The van der Waals surface area contributed by atoms with Gasteiger partial charge in [-0.25, -0.2) is 4.79 Å². The average molecular weight is 345 g/mol. The van der Waals surface area contributed by atoms with Crippen molar-refractivity contribution in [3.63, 3.8) is 0 Å². The lowest BCUT2D eigenvalue weighted by molar-refractivity contribution is 0.218. The molecule has 2 aromatic rings. The van der Waals surface area contributed by atoms with Crippen LogP contribution in [0.15, 0.2) is 29.6 Å². The summed E-state index contributed by atoms with van der Waals surface area (Å²) >= 11 is 1.33. The quantitative estimate of drug-likeness (QED) is 0.905. The first-order valence-electron chi connectivity index (χ1n) is 8.27. The van der Waals surface area contributed by atoms with E-state index in [-0.39, 0.29) is 6.03 Å². The molecule has 3 rings (SSSR count). The van der Waals surface area contributed by atoms with Gasteiger partial charge in [0, 0.05) is 36.3 Å². The van der Waals surface area contributed by atoms with Crippen LogP contribution in [-0.2, 0) is 0 Å². The van der Waals surface area contributed by atoms with Gasteiger partial charge in [0.05, 0.1) is 0 Å². The van der Waals surface area contributed by atoms with Crippen LogP contribution in [0.2, 0.25) is 0 Å². The number of amides is 2. The SMILES string of the molecule is CCN(C)C[C@@H]1CCN(C(=O)Nc2ccc(-c3csnn3)cc2)C1. The lowest BCUT2D eigenvalue weighted by Gasteiger charge is -2.20. The fourth-order valence-electron chi connectivity index (χ4n) is 2.95. The van der Waals surface area contributed by atoms with Crippen LogP contribution in [0.25, 0.3) is 11.3 Å². The van der Waals surface area contributed by atoms with Gasteiger partial charge >= 0.3 is 6.03 Å². The molecule has 0 radical (unpaired) electrons. The van der Waals surface area contributed by atoms with Gasteiger partial charge in [-0.1, -0.05) is 23.5 Å². The smallest absolute Gasteiger partial charge is 0.321 e. The normalized spacial score (nSPS) is 17.5. The number of nitrogens with zero attached hydrogens (tertiary/aromatic N) is 4. The molecule has 0 aliphatic carbocycles. The molecule has 128 valence electrons. The average Bonchev–Trinajstić information content (AvgIpc) is 3.27. The van der Waals surface area contributed by atoms with Gasteiger partial charge in [0.1, 0.15) is 5.69 Å². The molecule has 1 N–H and O–H groups in total. The number of rotatable bonds is 5. The zero-order valence-electron chi connectivity index (χ0n) is 14.1. The van der Waals surface area contributed by atoms with Crippen LogP contribution in [-0.4, -0.2) is 58.6 Å². The number of nitrogens with one attached hydrogen (secondary N) is 1. The Morgan fingerprint density at radius 1 is 1.42 bits per heavy atom. The minimum atomic E-state index is -0.0141. The number of aromatic nitrogens is 2. The van der Waals surface area contributed by atoms with E-state index in [4.69, 9.17) is 0 Å². The summed E-state index contributed by atoms with van der Waals surface area (Å²) in [6.45, 7) is 5.92. The Morgan fingerprint density at radius 2 is 2.21 bits per heavy atom. The van der Waals surface area contributed by atoms with E-state index in [2.05, 4.69) is 33.8 Å². The Morgan fingerprint density at radius 3 is 2.88 bits per heavy atom. The summed E-state index contributed by atoms with van der Waals surface area (Å²) < 4.78 is 3.87. The van der Waals surface area contributed by atoms with E-state index in [0.717, 1.165) is 49.5 Å². The van der Waals surface area contributed by atoms with Gasteiger partial charge in [-0.15, -0.1) is 5.10 Å². The number of carbonyl (C=O) groups excluding carboxylic acids is 1. The first-order valence-corrected chi connectivity index (χ1v) is 9.11. The maximum atomic E-state index is 12.4. The van der Waals surface area contributed by atoms with Crippen LogP contribution < -0.4 is 5.32 Å². The third kappa shape index (κ3) is 4.10. The van der Waals surface area contributed by atoms with Gasteiger partial charge in [0.15, 0.2) is 0 Å². The topological polar surface area (TPSA) is 61.4 Å². The third-order valence-electron chi connectivity index (χ3n) is 4.47. The van der Waals surface area contributed by atoms with Crippen molar-refractivity contribution in [1.82, 2.24) is 19.4 Å². The van der Waals surface area contributed by atoms with Crippen molar-refractivity contribution in [3.8, 4) is 11.3 Å². The van der Waals surface area contributed by atoms with Crippen LogP contribution in [0, 0.1) is 5.92 Å². The zero-order valence-corrected chi connectivity index (χ0v) is 14.9. The summed E-state index contributed by atoms with van der Waals surface area (Å²) in [5.74, 6) is 0.570. The molecule has 1 aromatic carbocycles. The number of hydrogen-bond donors (Lipinski definition) is 1. The maximum absolute atomic E-state index is 12.4. The highest BCUT2D eigenvalue weighted by atomic mass is 32.1. The molecular formula is C17H23N5OS. The third-order valence-corrected chi connectivity index (χ3v) is 4.98. The first kappa shape index (κ1) is 16.9. The van der Waals surface area contributed by atoms with Crippen LogP contribution in [0.1, 0.15) is 13.3 Å². The number of hydrogen-bond acceptors (Lipinski definition) is 5. The molecule has 0 unspecified atom stereocenters. The molecule has 2 heterocycles. The predicted octanol–water partition coefficient (Wildman–Crippen LogP) is 3.01. The molecule has 1 fully saturated rings. The van der Waals surface area contributed by atoms with E-state index in [1.54, 1.807) is 0 Å². The van der Waals surface area contributed by atoms with E-state index in [9.17, 15) is 4.79 Å². The Labute approximate surface area is 146 Å². The summed E-state index contributed by atoms with van der Waals surface area (Å²) in [5, 5.41) is 8.94. The van der Waals surface area contributed by atoms with Gasteiger partial charge in [0.2, 0.25) is 0 Å². The minimum Gasteiger partial charge on any atom is -0.324 e. The molecule has 1 aliphatic heterocycles. The summed E-state index contributed by atoms with van der Waals surface area (Å²) in [6.07, 6.45) is 1.08. The Kier molecular flexibility index (Phi) is 5.42. The van der Waals surface area contributed by atoms with Crippen molar-refractivity contribution in [2.75, 3.05) is 38.5 Å². The maximum Gasteiger partial charge on any atom is 0.321 e. The van der Waals surface area contributed by atoms with Crippen LogP contribution in [0.4, 0.5) is 10.5 Å². The van der Waals surface area contributed by atoms with Gasteiger partial charge < -0.3 is 15.1 Å². The van der Waals surface area contributed by atoms with E-state index in [0.29, 0.717) is 5.92 Å². The second kappa shape index (κ2) is 7.72. The number of carbonyl (C=O) groups is 1. The fourth-order valence-corrected chi connectivity index (χ4v) is 3.42. The molecule has 2 amide bonds. The Bertz CT molecular complexity index is 658. The highest BCUT2D eigenvalue weighted by molar-refractivity contribution is 7.03. The largest absolute Gasteiger partial charge is 0.324 e. The number of likely N-dealkylation sites (tertiary alicyclic amines) is 1. The lowest BCUT2D eigenvalue weighted by atomic mass is 10.1. The predicted molar refractivity (Wildman–Crippen MR) is 97.2 cm³/mol. The Hall–Kier alpha value is -1.99. The van der Waals surface area contributed by atoms with Gasteiger partial charge in [0.25, 0.3) is 0 Å². The standard InChI is InChI=1S/C17H23N5OS/c1-3-21(2)10-13-8-9-22(11-13)17(23)18-15-6-4-14(5-7-15)16-12-24-20-19-16/h4-7,12-13H,3,8-11H2,1-2H3,(H,18,23)/t13-/m0/s1. The molecule has 6 nitrogen and oxygen atoms in total. The highest BCUT2D eigenvalue weighted by Gasteiger charge is 2.26. The minimum absolute atomic E-state index is 0.0141. The van der Waals surface area contributed by atoms with E-state index in [1.165, 1.54) is 11.5 Å². The number of benzene rings is 1. The molecule has 1 saturated heterocycles.